The Labute approximate surface area is 104 Å². The monoisotopic (exact) mass is 242 g/mol. The first-order valence-electron chi connectivity index (χ1n) is 6.78. The number of hydrogen-bond donors (Lipinski definition) is 1. The summed E-state index contributed by atoms with van der Waals surface area (Å²) in [6.07, 6.45) is 4.00. The van der Waals surface area contributed by atoms with E-state index in [2.05, 4.69) is 11.8 Å². The quantitative estimate of drug-likeness (QED) is 0.776. The van der Waals surface area contributed by atoms with Crippen LogP contribution in [-0.2, 0) is 9.47 Å². The van der Waals surface area contributed by atoms with Crippen LogP contribution in [0.4, 0.5) is 0 Å². The van der Waals surface area contributed by atoms with Gasteiger partial charge in [0, 0.05) is 33.4 Å². The predicted molar refractivity (Wildman–Crippen MR) is 68.0 cm³/mol. The normalized spacial score (nSPS) is 30.9. The lowest BCUT2D eigenvalue weighted by molar-refractivity contribution is -0.0155. The Morgan fingerprint density at radius 1 is 1.47 bits per heavy atom. The van der Waals surface area contributed by atoms with E-state index in [1.807, 2.05) is 0 Å². The molecule has 0 aromatic heterocycles. The minimum Gasteiger partial charge on any atom is -0.383 e. The Hall–Kier alpha value is -0.160. The topological polar surface area (TPSA) is 47.7 Å². The summed E-state index contributed by atoms with van der Waals surface area (Å²) in [5, 5.41) is 0. The van der Waals surface area contributed by atoms with Crippen LogP contribution in [0.5, 0.6) is 0 Å². The lowest BCUT2D eigenvalue weighted by Crippen LogP contribution is -2.60. The number of ether oxygens (including phenoxy) is 2. The highest BCUT2D eigenvalue weighted by atomic mass is 16.5. The molecule has 0 amide bonds. The Kier molecular flexibility index (Phi) is 4.42. The average Bonchev–Trinajstić information content (AvgIpc) is 3.13. The highest BCUT2D eigenvalue weighted by Gasteiger charge is 2.48. The third kappa shape index (κ3) is 2.81. The van der Waals surface area contributed by atoms with E-state index in [1.165, 1.54) is 12.8 Å². The van der Waals surface area contributed by atoms with Gasteiger partial charge in [0.05, 0.1) is 18.2 Å². The van der Waals surface area contributed by atoms with Gasteiger partial charge in [-0.2, -0.15) is 0 Å². The van der Waals surface area contributed by atoms with Crippen molar-refractivity contribution in [3.05, 3.63) is 0 Å². The van der Waals surface area contributed by atoms with Crippen molar-refractivity contribution in [3.8, 4) is 0 Å². The van der Waals surface area contributed by atoms with E-state index in [1.54, 1.807) is 7.11 Å². The van der Waals surface area contributed by atoms with Gasteiger partial charge in [-0.3, -0.25) is 4.90 Å². The molecule has 0 radical (unpaired) electrons. The molecule has 4 nitrogen and oxygen atoms in total. The summed E-state index contributed by atoms with van der Waals surface area (Å²) < 4.78 is 11.2. The standard InChI is InChI=1S/C13H26N2O2/c1-11-8-15(6-3-7-17-11)13(9-14,10-16-2)12-4-5-12/h11-12H,3-10,14H2,1-2H3. The molecule has 100 valence electrons. The molecule has 1 saturated heterocycles. The summed E-state index contributed by atoms with van der Waals surface area (Å²) in [4.78, 5) is 2.53. The lowest BCUT2D eigenvalue weighted by Gasteiger charge is -2.43. The molecule has 2 atom stereocenters. The van der Waals surface area contributed by atoms with Gasteiger partial charge in [-0.15, -0.1) is 0 Å². The summed E-state index contributed by atoms with van der Waals surface area (Å²) >= 11 is 0. The van der Waals surface area contributed by atoms with Gasteiger partial charge in [-0.25, -0.2) is 0 Å². The van der Waals surface area contributed by atoms with Crippen molar-refractivity contribution in [2.75, 3.05) is 40.0 Å². The predicted octanol–water partition coefficient (Wildman–Crippen LogP) is 0.851. The number of nitrogens with zero attached hydrogens (tertiary/aromatic N) is 1. The molecule has 2 N–H and O–H groups in total. The summed E-state index contributed by atoms with van der Waals surface area (Å²) in [6, 6.07) is 0. The zero-order valence-corrected chi connectivity index (χ0v) is 11.2. The fourth-order valence-electron chi connectivity index (χ4n) is 3.09. The minimum absolute atomic E-state index is 0.0523. The van der Waals surface area contributed by atoms with Crippen molar-refractivity contribution < 1.29 is 9.47 Å². The Morgan fingerprint density at radius 3 is 2.82 bits per heavy atom. The molecule has 4 heteroatoms. The molecular formula is C13H26N2O2. The van der Waals surface area contributed by atoms with E-state index in [9.17, 15) is 0 Å². The Morgan fingerprint density at radius 2 is 2.24 bits per heavy atom. The molecule has 0 aromatic carbocycles. The van der Waals surface area contributed by atoms with Crippen molar-refractivity contribution in [1.82, 2.24) is 4.90 Å². The zero-order valence-electron chi connectivity index (χ0n) is 11.2. The summed E-state index contributed by atoms with van der Waals surface area (Å²) in [5.74, 6) is 0.720. The first-order chi connectivity index (χ1) is 8.23. The maximum atomic E-state index is 6.10. The molecule has 2 rings (SSSR count). The van der Waals surface area contributed by atoms with Crippen LogP contribution in [-0.4, -0.2) is 56.5 Å². The summed E-state index contributed by atoms with van der Waals surface area (Å²) in [6.45, 7) is 6.53. The van der Waals surface area contributed by atoms with Gasteiger partial charge in [-0.1, -0.05) is 0 Å². The van der Waals surface area contributed by atoms with Crippen LogP contribution in [0.25, 0.3) is 0 Å². The average molecular weight is 242 g/mol. The van der Waals surface area contributed by atoms with Gasteiger partial charge < -0.3 is 15.2 Å². The van der Waals surface area contributed by atoms with Crippen LogP contribution >= 0.6 is 0 Å². The van der Waals surface area contributed by atoms with Crippen molar-refractivity contribution in [2.24, 2.45) is 11.7 Å². The van der Waals surface area contributed by atoms with Gasteiger partial charge >= 0.3 is 0 Å². The van der Waals surface area contributed by atoms with Crippen molar-refractivity contribution in [3.63, 3.8) is 0 Å². The van der Waals surface area contributed by atoms with Gasteiger partial charge in [0.1, 0.15) is 0 Å². The smallest absolute Gasteiger partial charge is 0.0674 e. The second-order valence-corrected chi connectivity index (χ2v) is 5.50. The van der Waals surface area contributed by atoms with Crippen molar-refractivity contribution >= 4 is 0 Å². The minimum atomic E-state index is 0.0523. The van der Waals surface area contributed by atoms with Crippen LogP contribution in [0.15, 0.2) is 0 Å². The van der Waals surface area contributed by atoms with Gasteiger partial charge in [-0.05, 0) is 32.1 Å². The molecule has 1 aliphatic carbocycles. The molecule has 2 aliphatic rings. The number of nitrogens with two attached hydrogens (primary N) is 1. The number of methoxy groups -OCH3 is 1. The number of hydrogen-bond acceptors (Lipinski definition) is 4. The fraction of sp³-hybridized carbons (Fsp3) is 1.00. The summed E-state index contributed by atoms with van der Waals surface area (Å²) in [7, 11) is 1.78. The van der Waals surface area contributed by atoms with E-state index in [4.69, 9.17) is 15.2 Å². The van der Waals surface area contributed by atoms with Crippen molar-refractivity contribution in [1.29, 1.82) is 0 Å². The van der Waals surface area contributed by atoms with E-state index >= 15 is 0 Å². The SMILES string of the molecule is COCC(CN)(C1CC1)N1CCCOC(C)C1. The molecule has 2 fully saturated rings. The zero-order chi connectivity index (χ0) is 12.3. The highest BCUT2D eigenvalue weighted by molar-refractivity contribution is 5.04. The molecule has 2 unspecified atom stereocenters. The number of rotatable bonds is 5. The maximum absolute atomic E-state index is 6.10. The van der Waals surface area contributed by atoms with E-state index < -0.39 is 0 Å². The first kappa shape index (κ1) is 13.3. The molecule has 0 bridgehead atoms. The van der Waals surface area contributed by atoms with E-state index in [0.29, 0.717) is 12.6 Å². The largest absolute Gasteiger partial charge is 0.383 e. The molecule has 17 heavy (non-hydrogen) atoms. The van der Waals surface area contributed by atoms with E-state index in [0.717, 1.165) is 38.6 Å². The third-order valence-electron chi connectivity index (χ3n) is 4.17. The van der Waals surface area contributed by atoms with Crippen LogP contribution < -0.4 is 5.73 Å². The maximum Gasteiger partial charge on any atom is 0.0674 e. The first-order valence-corrected chi connectivity index (χ1v) is 6.78. The van der Waals surface area contributed by atoms with Gasteiger partial charge in [0.2, 0.25) is 0 Å². The van der Waals surface area contributed by atoms with Crippen LogP contribution in [0.3, 0.4) is 0 Å². The van der Waals surface area contributed by atoms with Crippen LogP contribution in [0.2, 0.25) is 0 Å². The molecular weight excluding hydrogens is 216 g/mol. The Bertz CT molecular complexity index is 246. The van der Waals surface area contributed by atoms with Gasteiger partial charge in [0.25, 0.3) is 0 Å². The van der Waals surface area contributed by atoms with E-state index in [-0.39, 0.29) is 5.54 Å². The second kappa shape index (κ2) is 5.65. The molecule has 0 aromatic rings. The van der Waals surface area contributed by atoms with Crippen LogP contribution in [0, 0.1) is 5.92 Å². The Balaban J connectivity index is 2.12. The highest BCUT2D eigenvalue weighted by Crippen LogP contribution is 2.43. The molecule has 1 heterocycles. The fourth-order valence-corrected chi connectivity index (χ4v) is 3.09. The van der Waals surface area contributed by atoms with Gasteiger partial charge in [0.15, 0.2) is 0 Å². The van der Waals surface area contributed by atoms with Crippen molar-refractivity contribution in [2.45, 2.75) is 37.8 Å². The third-order valence-corrected chi connectivity index (χ3v) is 4.17. The second-order valence-electron chi connectivity index (χ2n) is 5.50. The molecule has 1 saturated carbocycles. The van der Waals surface area contributed by atoms with Crippen LogP contribution in [0.1, 0.15) is 26.2 Å². The lowest BCUT2D eigenvalue weighted by atomic mass is 9.91. The molecule has 0 spiro atoms. The summed E-state index contributed by atoms with van der Waals surface area (Å²) in [5.41, 5.74) is 6.15. The molecule has 1 aliphatic heterocycles.